The van der Waals surface area contributed by atoms with Gasteiger partial charge in [-0.3, -0.25) is 4.79 Å². The second kappa shape index (κ2) is 4.82. The molecule has 0 aromatic rings. The van der Waals surface area contributed by atoms with Gasteiger partial charge >= 0.3 is 5.97 Å². The Labute approximate surface area is 95.4 Å². The molecule has 1 saturated carbocycles. The Balaban J connectivity index is 2.61. The van der Waals surface area contributed by atoms with Crippen molar-refractivity contribution in [3.8, 4) is 0 Å². The van der Waals surface area contributed by atoms with E-state index in [2.05, 4.69) is 5.32 Å². The maximum Gasteiger partial charge on any atom is 0.328 e. The van der Waals surface area contributed by atoms with Gasteiger partial charge in [-0.1, -0.05) is 12.8 Å². The van der Waals surface area contributed by atoms with Crippen LogP contribution >= 0.6 is 0 Å². The summed E-state index contributed by atoms with van der Waals surface area (Å²) < 4.78 is 0. The molecule has 0 aliphatic heterocycles. The average Bonchev–Trinajstić information content (AvgIpc) is 2.17. The molecule has 92 valence electrons. The Hall–Kier alpha value is -1.10. The normalized spacial score (nSPS) is 26.2. The van der Waals surface area contributed by atoms with Crippen LogP contribution in [0, 0.1) is 5.92 Å². The topological polar surface area (TPSA) is 92.4 Å². The van der Waals surface area contributed by atoms with Gasteiger partial charge in [0, 0.05) is 6.04 Å². The number of nitrogens with one attached hydrogen (secondary N) is 1. The summed E-state index contributed by atoms with van der Waals surface area (Å²) in [5.41, 5.74) is 4.64. The van der Waals surface area contributed by atoms with Crippen molar-refractivity contribution in [1.29, 1.82) is 0 Å². The summed E-state index contributed by atoms with van der Waals surface area (Å²) in [5.74, 6) is -1.52. The Morgan fingerprint density at radius 1 is 1.31 bits per heavy atom. The molecule has 1 aliphatic rings. The third-order valence-electron chi connectivity index (χ3n) is 3.13. The summed E-state index contributed by atoms with van der Waals surface area (Å²) in [6.07, 6.45) is 3.63. The van der Waals surface area contributed by atoms with Crippen molar-refractivity contribution >= 4 is 11.9 Å². The molecule has 1 rings (SSSR count). The third kappa shape index (κ3) is 2.95. The van der Waals surface area contributed by atoms with E-state index >= 15 is 0 Å². The van der Waals surface area contributed by atoms with Crippen LogP contribution in [0.15, 0.2) is 0 Å². The van der Waals surface area contributed by atoms with Crippen molar-refractivity contribution in [2.24, 2.45) is 11.7 Å². The molecule has 16 heavy (non-hydrogen) atoms. The average molecular weight is 228 g/mol. The Bertz CT molecular complexity index is 289. The fourth-order valence-electron chi connectivity index (χ4n) is 1.94. The van der Waals surface area contributed by atoms with Gasteiger partial charge in [-0.05, 0) is 26.7 Å². The van der Waals surface area contributed by atoms with Gasteiger partial charge in [-0.25, -0.2) is 4.79 Å². The number of amides is 1. The smallest absolute Gasteiger partial charge is 0.328 e. The highest BCUT2D eigenvalue weighted by atomic mass is 16.4. The van der Waals surface area contributed by atoms with E-state index in [0.717, 1.165) is 25.7 Å². The summed E-state index contributed by atoms with van der Waals surface area (Å²) in [5, 5.41) is 11.4. The first-order chi connectivity index (χ1) is 7.34. The lowest BCUT2D eigenvalue weighted by Gasteiger charge is -2.30. The van der Waals surface area contributed by atoms with Gasteiger partial charge in [-0.2, -0.15) is 0 Å². The van der Waals surface area contributed by atoms with Crippen molar-refractivity contribution in [2.45, 2.75) is 51.1 Å². The molecule has 5 heteroatoms. The van der Waals surface area contributed by atoms with Crippen LogP contribution in [-0.4, -0.2) is 28.6 Å². The zero-order chi connectivity index (χ0) is 12.3. The number of carbonyl (C=O) groups excluding carboxylic acids is 1. The molecule has 0 radical (unpaired) electrons. The first kappa shape index (κ1) is 13.0. The SMILES string of the molecule is CC(C)(NC(=O)C1CCCCC1N)C(=O)O. The van der Waals surface area contributed by atoms with Gasteiger partial charge in [0.05, 0.1) is 5.92 Å². The Morgan fingerprint density at radius 3 is 2.38 bits per heavy atom. The number of carboxylic acid groups (broad SMARTS) is 1. The zero-order valence-corrected chi connectivity index (χ0v) is 9.82. The van der Waals surface area contributed by atoms with Crippen molar-refractivity contribution in [3.63, 3.8) is 0 Å². The number of hydrogen-bond acceptors (Lipinski definition) is 3. The number of nitrogens with two attached hydrogens (primary N) is 1. The van der Waals surface area contributed by atoms with E-state index in [9.17, 15) is 9.59 Å². The van der Waals surface area contributed by atoms with Crippen LogP contribution in [0.5, 0.6) is 0 Å². The van der Waals surface area contributed by atoms with Crippen LogP contribution in [0.2, 0.25) is 0 Å². The molecule has 5 nitrogen and oxygen atoms in total. The van der Waals surface area contributed by atoms with Gasteiger partial charge in [0.15, 0.2) is 0 Å². The van der Waals surface area contributed by atoms with E-state index in [4.69, 9.17) is 10.8 Å². The third-order valence-corrected chi connectivity index (χ3v) is 3.13. The summed E-state index contributed by atoms with van der Waals surface area (Å²) in [6.45, 7) is 2.95. The van der Waals surface area contributed by atoms with Gasteiger partial charge in [-0.15, -0.1) is 0 Å². The number of rotatable bonds is 3. The zero-order valence-electron chi connectivity index (χ0n) is 9.82. The second-order valence-electron chi connectivity index (χ2n) is 4.97. The monoisotopic (exact) mass is 228 g/mol. The number of carboxylic acids is 1. The molecule has 1 aliphatic carbocycles. The summed E-state index contributed by atoms with van der Waals surface area (Å²) >= 11 is 0. The predicted octanol–water partition coefficient (Wildman–Crippen LogP) is 0.483. The van der Waals surface area contributed by atoms with E-state index in [1.807, 2.05) is 0 Å². The first-order valence-corrected chi connectivity index (χ1v) is 5.65. The van der Waals surface area contributed by atoms with Crippen molar-refractivity contribution in [2.75, 3.05) is 0 Å². The highest BCUT2D eigenvalue weighted by Gasteiger charge is 2.34. The van der Waals surface area contributed by atoms with Crippen LogP contribution in [0.4, 0.5) is 0 Å². The standard InChI is InChI=1S/C11H20N2O3/c1-11(2,10(15)16)13-9(14)7-5-3-4-6-8(7)12/h7-8H,3-6,12H2,1-2H3,(H,13,14)(H,15,16). The van der Waals surface area contributed by atoms with Gasteiger partial charge < -0.3 is 16.2 Å². The molecule has 0 bridgehead atoms. The maximum absolute atomic E-state index is 11.9. The number of carbonyl (C=O) groups is 2. The fraction of sp³-hybridized carbons (Fsp3) is 0.818. The molecule has 4 N–H and O–H groups in total. The minimum absolute atomic E-state index is 0.140. The molecule has 0 spiro atoms. The van der Waals surface area contributed by atoms with Crippen LogP contribution < -0.4 is 11.1 Å². The summed E-state index contributed by atoms with van der Waals surface area (Å²) in [6, 6.07) is -0.140. The van der Waals surface area contributed by atoms with E-state index in [1.54, 1.807) is 0 Å². The van der Waals surface area contributed by atoms with Gasteiger partial charge in [0.1, 0.15) is 5.54 Å². The van der Waals surface area contributed by atoms with Crippen LogP contribution in [-0.2, 0) is 9.59 Å². The van der Waals surface area contributed by atoms with Gasteiger partial charge in [0.2, 0.25) is 5.91 Å². The molecule has 0 heterocycles. The molecule has 2 atom stereocenters. The molecular weight excluding hydrogens is 208 g/mol. The van der Waals surface area contributed by atoms with E-state index in [-0.39, 0.29) is 17.9 Å². The molecule has 1 amide bonds. The molecule has 0 aromatic heterocycles. The van der Waals surface area contributed by atoms with E-state index < -0.39 is 11.5 Å². The predicted molar refractivity (Wildman–Crippen MR) is 59.8 cm³/mol. The lowest BCUT2D eigenvalue weighted by Crippen LogP contribution is -2.54. The lowest BCUT2D eigenvalue weighted by molar-refractivity contribution is -0.147. The minimum atomic E-state index is -1.23. The van der Waals surface area contributed by atoms with Crippen molar-refractivity contribution in [3.05, 3.63) is 0 Å². The second-order valence-corrected chi connectivity index (χ2v) is 4.97. The minimum Gasteiger partial charge on any atom is -0.480 e. The fourth-order valence-corrected chi connectivity index (χ4v) is 1.94. The maximum atomic E-state index is 11.9. The Kier molecular flexibility index (Phi) is 3.91. The van der Waals surface area contributed by atoms with Crippen LogP contribution in [0.1, 0.15) is 39.5 Å². The van der Waals surface area contributed by atoms with E-state index in [0.29, 0.717) is 0 Å². The summed E-state index contributed by atoms with van der Waals surface area (Å²) in [7, 11) is 0. The quantitative estimate of drug-likeness (QED) is 0.655. The molecule has 0 saturated heterocycles. The van der Waals surface area contributed by atoms with Crippen molar-refractivity contribution < 1.29 is 14.7 Å². The number of hydrogen-bond donors (Lipinski definition) is 3. The van der Waals surface area contributed by atoms with Gasteiger partial charge in [0.25, 0.3) is 0 Å². The van der Waals surface area contributed by atoms with Crippen LogP contribution in [0.25, 0.3) is 0 Å². The van der Waals surface area contributed by atoms with E-state index in [1.165, 1.54) is 13.8 Å². The highest BCUT2D eigenvalue weighted by molar-refractivity contribution is 5.87. The number of aliphatic carboxylic acids is 1. The first-order valence-electron chi connectivity index (χ1n) is 5.65. The van der Waals surface area contributed by atoms with Crippen molar-refractivity contribution in [1.82, 2.24) is 5.32 Å². The largest absolute Gasteiger partial charge is 0.480 e. The van der Waals surface area contributed by atoms with Crippen LogP contribution in [0.3, 0.4) is 0 Å². The lowest BCUT2D eigenvalue weighted by atomic mass is 9.84. The molecule has 1 fully saturated rings. The molecule has 0 aromatic carbocycles. The molecule has 2 unspecified atom stereocenters. The highest BCUT2D eigenvalue weighted by Crippen LogP contribution is 2.23. The Morgan fingerprint density at radius 2 is 1.88 bits per heavy atom. The molecular formula is C11H20N2O3. The summed E-state index contributed by atoms with van der Waals surface area (Å²) in [4.78, 5) is 22.7.